The molecule has 1 unspecified atom stereocenters. The first-order chi connectivity index (χ1) is 8.70. The first-order valence-corrected chi connectivity index (χ1v) is 6.31. The van der Waals surface area contributed by atoms with E-state index in [1.54, 1.807) is 0 Å². The van der Waals surface area contributed by atoms with E-state index in [9.17, 15) is 4.79 Å². The first-order valence-electron chi connectivity index (χ1n) is 6.31. The number of nitrogens with zero attached hydrogens (tertiary/aromatic N) is 1. The summed E-state index contributed by atoms with van der Waals surface area (Å²) in [5, 5.41) is 0. The van der Waals surface area contributed by atoms with Gasteiger partial charge in [-0.3, -0.25) is 4.79 Å². The molecule has 1 aromatic rings. The number of rotatable bonds is 4. The highest BCUT2D eigenvalue weighted by atomic mass is 16.5. The smallest absolute Gasteiger partial charge is 0.314 e. The zero-order valence-electron chi connectivity index (χ0n) is 10.7. The lowest BCUT2D eigenvalue weighted by Gasteiger charge is -2.22. The molecule has 18 heavy (non-hydrogen) atoms. The minimum Gasteiger partial charge on any atom is -0.469 e. The van der Waals surface area contributed by atoms with Gasteiger partial charge in [0.05, 0.1) is 13.0 Å². The number of hydrogen-bond acceptors (Lipinski definition) is 4. The number of benzene rings is 1. The van der Waals surface area contributed by atoms with E-state index in [0.29, 0.717) is 6.54 Å². The van der Waals surface area contributed by atoms with Gasteiger partial charge in [-0.1, -0.05) is 30.3 Å². The Labute approximate surface area is 108 Å². The summed E-state index contributed by atoms with van der Waals surface area (Å²) in [7, 11) is 1.44. The molecule has 0 aromatic heterocycles. The van der Waals surface area contributed by atoms with Crippen LogP contribution in [0.1, 0.15) is 17.9 Å². The lowest BCUT2D eigenvalue weighted by molar-refractivity contribution is -0.142. The van der Waals surface area contributed by atoms with Gasteiger partial charge in [0, 0.05) is 19.1 Å². The van der Waals surface area contributed by atoms with Crippen LogP contribution in [-0.2, 0) is 9.53 Å². The third-order valence-electron chi connectivity index (χ3n) is 3.44. The van der Waals surface area contributed by atoms with E-state index in [1.807, 2.05) is 30.3 Å². The maximum absolute atomic E-state index is 11.9. The number of methoxy groups -OCH3 is 1. The number of carbonyl (C=O) groups is 1. The van der Waals surface area contributed by atoms with Crippen molar-refractivity contribution < 1.29 is 9.53 Å². The Morgan fingerprint density at radius 2 is 2.22 bits per heavy atom. The van der Waals surface area contributed by atoms with Crippen LogP contribution in [0.25, 0.3) is 0 Å². The Kier molecular flexibility index (Phi) is 4.33. The van der Waals surface area contributed by atoms with Gasteiger partial charge >= 0.3 is 5.97 Å². The van der Waals surface area contributed by atoms with E-state index < -0.39 is 0 Å². The van der Waals surface area contributed by atoms with E-state index in [4.69, 9.17) is 10.5 Å². The molecule has 4 nitrogen and oxygen atoms in total. The molecule has 1 fully saturated rings. The molecule has 98 valence electrons. The van der Waals surface area contributed by atoms with Crippen LogP contribution in [0.4, 0.5) is 0 Å². The average Bonchev–Trinajstić information content (AvgIpc) is 2.82. The van der Waals surface area contributed by atoms with Gasteiger partial charge in [-0.25, -0.2) is 0 Å². The van der Waals surface area contributed by atoms with Gasteiger partial charge in [0.2, 0.25) is 0 Å². The van der Waals surface area contributed by atoms with Crippen molar-refractivity contribution in [2.75, 3.05) is 26.7 Å². The van der Waals surface area contributed by atoms with Gasteiger partial charge in [-0.05, 0) is 18.5 Å². The summed E-state index contributed by atoms with van der Waals surface area (Å²) >= 11 is 0. The van der Waals surface area contributed by atoms with Gasteiger partial charge in [-0.2, -0.15) is 0 Å². The number of ether oxygens (including phenoxy) is 1. The molecular formula is C14H20N2O2. The van der Waals surface area contributed by atoms with Crippen molar-refractivity contribution in [2.24, 2.45) is 5.73 Å². The second kappa shape index (κ2) is 5.98. The lowest BCUT2D eigenvalue weighted by atomic mass is 9.99. The molecule has 1 saturated heterocycles. The van der Waals surface area contributed by atoms with Crippen molar-refractivity contribution in [3.05, 3.63) is 35.9 Å². The Morgan fingerprint density at radius 1 is 1.50 bits per heavy atom. The van der Waals surface area contributed by atoms with Crippen LogP contribution in [0.5, 0.6) is 0 Å². The third-order valence-corrected chi connectivity index (χ3v) is 3.44. The number of esters is 1. The lowest BCUT2D eigenvalue weighted by Crippen LogP contribution is -2.33. The van der Waals surface area contributed by atoms with Crippen LogP contribution < -0.4 is 5.73 Å². The number of nitrogens with two attached hydrogens (primary N) is 1. The number of carbonyl (C=O) groups excluding carboxylic acids is 1. The molecule has 2 atom stereocenters. The third kappa shape index (κ3) is 3.09. The molecule has 4 heteroatoms. The zero-order valence-corrected chi connectivity index (χ0v) is 10.7. The topological polar surface area (TPSA) is 55.6 Å². The summed E-state index contributed by atoms with van der Waals surface area (Å²) in [5.74, 6) is -0.400. The quantitative estimate of drug-likeness (QED) is 0.807. The predicted molar refractivity (Wildman–Crippen MR) is 70.2 cm³/mol. The summed E-state index contributed by atoms with van der Waals surface area (Å²) in [4.78, 5) is 14.1. The van der Waals surface area contributed by atoms with Crippen LogP contribution >= 0.6 is 0 Å². The largest absolute Gasteiger partial charge is 0.469 e. The molecule has 0 saturated carbocycles. The van der Waals surface area contributed by atoms with Crippen molar-refractivity contribution in [1.82, 2.24) is 4.90 Å². The highest BCUT2D eigenvalue weighted by Gasteiger charge is 2.27. The Hall–Kier alpha value is -1.39. The Balaban J connectivity index is 2.09. The molecule has 0 radical (unpaired) electrons. The fourth-order valence-corrected chi connectivity index (χ4v) is 2.43. The summed E-state index contributed by atoms with van der Waals surface area (Å²) in [6, 6.07) is 10.0. The van der Waals surface area contributed by atoms with Crippen molar-refractivity contribution >= 4 is 5.97 Å². The maximum atomic E-state index is 11.9. The predicted octanol–water partition coefficient (Wildman–Crippen LogP) is 0.976. The van der Waals surface area contributed by atoms with Gasteiger partial charge in [0.25, 0.3) is 0 Å². The number of likely N-dealkylation sites (tertiary alicyclic amines) is 1. The van der Waals surface area contributed by atoms with Gasteiger partial charge < -0.3 is 15.4 Å². The second-order valence-corrected chi connectivity index (χ2v) is 4.79. The summed E-state index contributed by atoms with van der Waals surface area (Å²) < 4.78 is 4.91. The van der Waals surface area contributed by atoms with Crippen molar-refractivity contribution in [3.63, 3.8) is 0 Å². The summed E-state index contributed by atoms with van der Waals surface area (Å²) in [6.45, 7) is 2.51. The van der Waals surface area contributed by atoms with Crippen LogP contribution in [-0.4, -0.2) is 43.7 Å². The highest BCUT2D eigenvalue weighted by molar-refractivity contribution is 5.78. The van der Waals surface area contributed by atoms with Crippen molar-refractivity contribution in [2.45, 2.75) is 18.4 Å². The zero-order chi connectivity index (χ0) is 13.0. The average molecular weight is 248 g/mol. The molecule has 1 aliphatic heterocycles. The molecule has 1 heterocycles. The van der Waals surface area contributed by atoms with Crippen LogP contribution in [0.15, 0.2) is 30.3 Å². The van der Waals surface area contributed by atoms with E-state index in [-0.39, 0.29) is 17.9 Å². The maximum Gasteiger partial charge on any atom is 0.314 e. The molecule has 1 aliphatic rings. The molecule has 0 spiro atoms. The molecule has 2 rings (SSSR count). The van der Waals surface area contributed by atoms with Gasteiger partial charge in [0.15, 0.2) is 0 Å². The number of hydrogen-bond donors (Lipinski definition) is 1. The monoisotopic (exact) mass is 248 g/mol. The van der Waals surface area contributed by atoms with E-state index in [0.717, 1.165) is 25.1 Å². The Morgan fingerprint density at radius 3 is 2.78 bits per heavy atom. The van der Waals surface area contributed by atoms with Crippen molar-refractivity contribution in [1.29, 1.82) is 0 Å². The molecule has 0 amide bonds. The first kappa shape index (κ1) is 13.1. The summed E-state index contributed by atoms with van der Waals surface area (Å²) in [6.07, 6.45) is 1.00. The van der Waals surface area contributed by atoms with E-state index in [2.05, 4.69) is 4.90 Å². The summed E-state index contributed by atoms with van der Waals surface area (Å²) in [5.41, 5.74) is 6.89. The fraction of sp³-hybridized carbons (Fsp3) is 0.500. The van der Waals surface area contributed by atoms with Crippen molar-refractivity contribution in [3.8, 4) is 0 Å². The fourth-order valence-electron chi connectivity index (χ4n) is 2.43. The molecule has 0 aliphatic carbocycles. The van der Waals surface area contributed by atoms with Crippen LogP contribution in [0.2, 0.25) is 0 Å². The standard InChI is InChI=1S/C14H20N2O2/c1-18-14(17)13(11-5-3-2-4-6-11)10-16-8-7-12(15)9-16/h2-6,12-13H,7-10,15H2,1H3/t12-,13?/m0/s1. The molecule has 1 aromatic carbocycles. The Bertz CT molecular complexity index is 394. The van der Waals surface area contributed by atoms with E-state index in [1.165, 1.54) is 7.11 Å². The molecule has 0 bridgehead atoms. The van der Waals surface area contributed by atoms with Crippen LogP contribution in [0, 0.1) is 0 Å². The minimum atomic E-state index is -0.221. The minimum absolute atomic E-state index is 0.179. The van der Waals surface area contributed by atoms with Crippen LogP contribution in [0.3, 0.4) is 0 Å². The SMILES string of the molecule is COC(=O)C(CN1CC[C@H](N)C1)c1ccccc1. The highest BCUT2D eigenvalue weighted by Crippen LogP contribution is 2.20. The molecular weight excluding hydrogens is 228 g/mol. The van der Waals surface area contributed by atoms with Gasteiger partial charge in [-0.15, -0.1) is 0 Å². The van der Waals surface area contributed by atoms with Gasteiger partial charge in [0.1, 0.15) is 0 Å². The molecule has 2 N–H and O–H groups in total. The normalized spacial score (nSPS) is 21.8. The van der Waals surface area contributed by atoms with E-state index >= 15 is 0 Å². The second-order valence-electron chi connectivity index (χ2n) is 4.79.